The maximum absolute atomic E-state index is 12.3. The van der Waals surface area contributed by atoms with Crippen molar-refractivity contribution in [2.45, 2.75) is 38.6 Å². The van der Waals surface area contributed by atoms with Crippen molar-refractivity contribution in [3.63, 3.8) is 0 Å². The van der Waals surface area contributed by atoms with Crippen LogP contribution in [-0.4, -0.2) is 34.9 Å². The number of non-ortho nitro benzene ring substituents is 1. The molecular weight excluding hydrogens is 318 g/mol. The molecule has 1 aromatic carbocycles. The number of carbonyl (C=O) groups is 1. The lowest BCUT2D eigenvalue weighted by Crippen LogP contribution is -2.45. The topological polar surface area (TPSA) is 89.5 Å². The molecule has 0 aromatic heterocycles. The van der Waals surface area contributed by atoms with Crippen molar-refractivity contribution in [3.05, 3.63) is 39.9 Å². The summed E-state index contributed by atoms with van der Waals surface area (Å²) >= 11 is 0. The zero-order chi connectivity index (χ0) is 16.1. The van der Waals surface area contributed by atoms with Gasteiger partial charge in [0.15, 0.2) is 0 Å². The number of likely N-dealkylation sites (tertiary alicyclic amines) is 1. The van der Waals surface area contributed by atoms with Crippen molar-refractivity contribution in [1.29, 1.82) is 0 Å². The van der Waals surface area contributed by atoms with Crippen LogP contribution in [0.5, 0.6) is 0 Å². The molecule has 7 heteroatoms. The summed E-state index contributed by atoms with van der Waals surface area (Å²) in [6.45, 7) is 3.50. The Morgan fingerprint density at radius 3 is 2.91 bits per heavy atom. The smallest absolute Gasteiger partial charge is 0.269 e. The lowest BCUT2D eigenvalue weighted by Gasteiger charge is -2.34. The molecule has 1 aliphatic rings. The van der Waals surface area contributed by atoms with Crippen LogP contribution >= 0.6 is 12.4 Å². The predicted molar refractivity (Wildman–Crippen MR) is 91.6 cm³/mol. The quantitative estimate of drug-likeness (QED) is 0.658. The lowest BCUT2D eigenvalue weighted by molar-refractivity contribution is -0.384. The Hall–Kier alpha value is -1.66. The van der Waals surface area contributed by atoms with E-state index in [1.54, 1.807) is 6.07 Å². The number of hydrogen-bond acceptors (Lipinski definition) is 4. The summed E-state index contributed by atoms with van der Waals surface area (Å²) in [6, 6.07) is 6.58. The molecule has 0 radical (unpaired) electrons. The summed E-state index contributed by atoms with van der Waals surface area (Å²) in [6.07, 6.45) is 2.98. The molecule has 0 bridgehead atoms. The van der Waals surface area contributed by atoms with E-state index in [9.17, 15) is 14.9 Å². The first kappa shape index (κ1) is 19.4. The molecule has 23 heavy (non-hydrogen) atoms. The van der Waals surface area contributed by atoms with Gasteiger partial charge in [0, 0.05) is 37.7 Å². The molecule has 1 fully saturated rings. The second-order valence-corrected chi connectivity index (χ2v) is 6.03. The molecule has 1 amide bonds. The third-order valence-electron chi connectivity index (χ3n) is 4.30. The highest BCUT2D eigenvalue weighted by atomic mass is 35.5. The van der Waals surface area contributed by atoms with Crippen molar-refractivity contribution in [2.24, 2.45) is 11.7 Å². The molecule has 2 unspecified atom stereocenters. The first-order chi connectivity index (χ1) is 10.5. The van der Waals surface area contributed by atoms with Gasteiger partial charge in [0.25, 0.3) is 5.69 Å². The Kier molecular flexibility index (Phi) is 7.45. The fraction of sp³-hybridized carbons (Fsp3) is 0.562. The van der Waals surface area contributed by atoms with E-state index in [1.807, 2.05) is 17.9 Å². The summed E-state index contributed by atoms with van der Waals surface area (Å²) in [5.74, 6) is 0.479. The maximum Gasteiger partial charge on any atom is 0.269 e. The number of nitrogens with zero attached hydrogens (tertiary/aromatic N) is 2. The van der Waals surface area contributed by atoms with Crippen LogP contribution in [0.2, 0.25) is 0 Å². The molecule has 1 aromatic rings. The van der Waals surface area contributed by atoms with E-state index < -0.39 is 4.92 Å². The largest absolute Gasteiger partial charge is 0.342 e. The van der Waals surface area contributed by atoms with Gasteiger partial charge in [-0.1, -0.05) is 12.1 Å². The maximum atomic E-state index is 12.3. The summed E-state index contributed by atoms with van der Waals surface area (Å²) in [5.41, 5.74) is 6.83. The normalized spacial score (nSPS) is 18.9. The summed E-state index contributed by atoms with van der Waals surface area (Å²) < 4.78 is 0. The molecule has 1 saturated heterocycles. The molecule has 2 N–H and O–H groups in total. The van der Waals surface area contributed by atoms with E-state index in [0.717, 1.165) is 31.5 Å². The number of benzene rings is 1. The minimum atomic E-state index is -0.414. The van der Waals surface area contributed by atoms with Crippen LogP contribution in [0, 0.1) is 16.0 Å². The van der Waals surface area contributed by atoms with Crippen LogP contribution in [0.1, 0.15) is 31.7 Å². The van der Waals surface area contributed by atoms with Crippen molar-refractivity contribution in [1.82, 2.24) is 4.90 Å². The van der Waals surface area contributed by atoms with E-state index in [2.05, 4.69) is 0 Å². The molecule has 1 aliphatic heterocycles. The Morgan fingerprint density at radius 2 is 2.26 bits per heavy atom. The van der Waals surface area contributed by atoms with E-state index >= 15 is 0 Å². The van der Waals surface area contributed by atoms with Gasteiger partial charge in [0.1, 0.15) is 0 Å². The van der Waals surface area contributed by atoms with Gasteiger partial charge in [-0.05, 0) is 37.7 Å². The minimum Gasteiger partial charge on any atom is -0.342 e. The van der Waals surface area contributed by atoms with E-state index in [0.29, 0.717) is 18.8 Å². The fourth-order valence-corrected chi connectivity index (χ4v) is 2.90. The molecular formula is C16H24ClN3O3. The number of halogens is 1. The number of piperidine rings is 1. The monoisotopic (exact) mass is 341 g/mol. The van der Waals surface area contributed by atoms with Gasteiger partial charge in [0.2, 0.25) is 5.91 Å². The number of nitro groups is 1. The number of amides is 1. The van der Waals surface area contributed by atoms with E-state index in [4.69, 9.17) is 5.73 Å². The van der Waals surface area contributed by atoms with Crippen LogP contribution < -0.4 is 5.73 Å². The highest BCUT2D eigenvalue weighted by Gasteiger charge is 2.25. The highest BCUT2D eigenvalue weighted by molar-refractivity contribution is 5.85. The Balaban J connectivity index is 0.00000264. The van der Waals surface area contributed by atoms with Crippen LogP contribution in [0.3, 0.4) is 0 Å². The van der Waals surface area contributed by atoms with Gasteiger partial charge in [-0.15, -0.1) is 12.4 Å². The van der Waals surface area contributed by atoms with Crippen LogP contribution in [0.25, 0.3) is 0 Å². The number of nitro benzene ring substituents is 1. The number of nitrogens with two attached hydrogens (primary N) is 1. The number of rotatable bonds is 5. The SMILES string of the molecule is CC(N)C1CCCN(C(=O)CCc2cccc([N+](=O)[O-])c2)C1.Cl. The molecule has 2 atom stereocenters. The average molecular weight is 342 g/mol. The molecule has 0 saturated carbocycles. The number of aryl methyl sites for hydroxylation is 1. The molecule has 0 spiro atoms. The summed E-state index contributed by atoms with van der Waals surface area (Å²) in [5, 5.41) is 10.8. The zero-order valence-corrected chi connectivity index (χ0v) is 14.1. The summed E-state index contributed by atoms with van der Waals surface area (Å²) in [4.78, 5) is 24.5. The molecule has 0 aliphatic carbocycles. The third kappa shape index (κ3) is 5.48. The van der Waals surface area contributed by atoms with Crippen LogP contribution in [-0.2, 0) is 11.2 Å². The summed E-state index contributed by atoms with van der Waals surface area (Å²) in [7, 11) is 0. The van der Waals surface area contributed by atoms with Gasteiger partial charge in [-0.25, -0.2) is 0 Å². The van der Waals surface area contributed by atoms with Gasteiger partial charge < -0.3 is 10.6 Å². The average Bonchev–Trinajstić information content (AvgIpc) is 2.53. The van der Waals surface area contributed by atoms with Gasteiger partial charge >= 0.3 is 0 Å². The molecule has 6 nitrogen and oxygen atoms in total. The number of carbonyl (C=O) groups excluding carboxylic acids is 1. The fourth-order valence-electron chi connectivity index (χ4n) is 2.90. The van der Waals surface area contributed by atoms with Crippen LogP contribution in [0.15, 0.2) is 24.3 Å². The van der Waals surface area contributed by atoms with Crippen LogP contribution in [0.4, 0.5) is 5.69 Å². The van der Waals surface area contributed by atoms with Gasteiger partial charge in [0.05, 0.1) is 4.92 Å². The lowest BCUT2D eigenvalue weighted by atomic mass is 9.92. The van der Waals surface area contributed by atoms with E-state index in [1.165, 1.54) is 12.1 Å². The van der Waals surface area contributed by atoms with Gasteiger partial charge in [-0.3, -0.25) is 14.9 Å². The number of hydrogen-bond donors (Lipinski definition) is 1. The Morgan fingerprint density at radius 1 is 1.52 bits per heavy atom. The third-order valence-corrected chi connectivity index (χ3v) is 4.30. The second kappa shape index (κ2) is 8.84. The minimum absolute atomic E-state index is 0. The molecule has 1 heterocycles. The van der Waals surface area contributed by atoms with Crippen molar-refractivity contribution in [2.75, 3.05) is 13.1 Å². The highest BCUT2D eigenvalue weighted by Crippen LogP contribution is 2.20. The first-order valence-electron chi connectivity index (χ1n) is 7.74. The van der Waals surface area contributed by atoms with Gasteiger partial charge in [-0.2, -0.15) is 0 Å². The first-order valence-corrected chi connectivity index (χ1v) is 7.74. The second-order valence-electron chi connectivity index (χ2n) is 6.03. The molecule has 2 rings (SSSR count). The van der Waals surface area contributed by atoms with Crippen molar-refractivity contribution < 1.29 is 9.72 Å². The predicted octanol–water partition coefficient (Wildman–Crippen LogP) is 2.54. The van der Waals surface area contributed by atoms with Crippen molar-refractivity contribution in [3.8, 4) is 0 Å². The molecule has 128 valence electrons. The van der Waals surface area contributed by atoms with E-state index in [-0.39, 0.29) is 30.0 Å². The zero-order valence-electron chi connectivity index (χ0n) is 13.3. The van der Waals surface area contributed by atoms with Crippen molar-refractivity contribution >= 4 is 24.0 Å². The Labute approximate surface area is 142 Å². The Bertz CT molecular complexity index is 551. The standard InChI is InChI=1S/C16H23N3O3.ClH/c1-12(17)14-5-3-9-18(11-14)16(20)8-7-13-4-2-6-15(10-13)19(21)22;/h2,4,6,10,12,14H,3,5,7-9,11,17H2,1H3;1H.